The Morgan fingerprint density at radius 1 is 1.12 bits per heavy atom. The zero-order chi connectivity index (χ0) is 18.4. The summed E-state index contributed by atoms with van der Waals surface area (Å²) in [6, 6.07) is 12.7. The number of benzene rings is 2. The number of ketones is 1. The van der Waals surface area contributed by atoms with Crippen LogP contribution in [0.25, 0.3) is 0 Å². The molecule has 0 saturated heterocycles. The lowest BCUT2D eigenvalue weighted by atomic mass is 10.1. The Morgan fingerprint density at radius 3 is 2.44 bits per heavy atom. The molecule has 0 fully saturated rings. The first-order valence-electron chi connectivity index (χ1n) is 7.94. The lowest BCUT2D eigenvalue weighted by molar-refractivity contribution is -0.138. The van der Waals surface area contributed by atoms with Gasteiger partial charge in [-0.2, -0.15) is 0 Å². The predicted molar refractivity (Wildman–Crippen MR) is 103 cm³/mol. The van der Waals surface area contributed by atoms with Crippen LogP contribution in [0.15, 0.2) is 58.7 Å². The van der Waals surface area contributed by atoms with Gasteiger partial charge in [-0.05, 0) is 62.2 Å². The van der Waals surface area contributed by atoms with E-state index in [-0.39, 0.29) is 18.1 Å². The summed E-state index contributed by atoms with van der Waals surface area (Å²) in [7, 11) is 0. The van der Waals surface area contributed by atoms with Crippen molar-refractivity contribution in [2.75, 3.05) is 11.9 Å². The van der Waals surface area contributed by atoms with E-state index >= 15 is 0 Å². The molecule has 2 aromatic carbocycles. The van der Waals surface area contributed by atoms with Crippen molar-refractivity contribution in [1.29, 1.82) is 0 Å². The number of anilines is 1. The highest BCUT2D eigenvalue weighted by molar-refractivity contribution is 9.10. The third-order valence-corrected chi connectivity index (χ3v) is 4.30. The van der Waals surface area contributed by atoms with Gasteiger partial charge in [-0.25, -0.2) is 4.79 Å². The Bertz CT molecular complexity index is 810. The van der Waals surface area contributed by atoms with Gasteiger partial charge in [-0.1, -0.05) is 28.1 Å². The zero-order valence-electron chi connectivity index (χ0n) is 14.4. The number of carbonyl (C=O) groups is 2. The first kappa shape index (κ1) is 18.9. The van der Waals surface area contributed by atoms with Crippen molar-refractivity contribution in [2.24, 2.45) is 0 Å². The van der Waals surface area contributed by atoms with Crippen LogP contribution in [0.5, 0.6) is 0 Å². The minimum absolute atomic E-state index is 0.114. The molecule has 0 aliphatic carbocycles. The van der Waals surface area contributed by atoms with Gasteiger partial charge in [0.25, 0.3) is 0 Å². The van der Waals surface area contributed by atoms with Crippen LogP contribution in [0.1, 0.15) is 28.4 Å². The smallest absolute Gasteiger partial charge is 0.354 e. The maximum Gasteiger partial charge on any atom is 0.354 e. The van der Waals surface area contributed by atoms with Gasteiger partial charge in [-0.15, -0.1) is 0 Å². The van der Waals surface area contributed by atoms with Gasteiger partial charge < -0.3 is 10.1 Å². The van der Waals surface area contributed by atoms with Crippen LogP contribution in [0.3, 0.4) is 0 Å². The fraction of sp³-hybridized carbons (Fsp3) is 0.200. The van der Waals surface area contributed by atoms with Crippen LogP contribution in [0.4, 0.5) is 5.69 Å². The molecule has 4 nitrogen and oxygen atoms in total. The summed E-state index contributed by atoms with van der Waals surface area (Å²) < 4.78 is 5.95. The first-order chi connectivity index (χ1) is 11.9. The maximum absolute atomic E-state index is 12.5. The molecule has 0 spiro atoms. The third-order valence-electron chi connectivity index (χ3n) is 3.77. The van der Waals surface area contributed by atoms with Gasteiger partial charge in [0.15, 0.2) is 5.78 Å². The van der Waals surface area contributed by atoms with Gasteiger partial charge in [0, 0.05) is 21.8 Å². The molecule has 0 atom stereocenters. The molecule has 2 rings (SSSR count). The molecule has 1 N–H and O–H groups in total. The number of aryl methyl sites for hydroxylation is 1. The van der Waals surface area contributed by atoms with Crippen molar-refractivity contribution in [3.8, 4) is 0 Å². The molecule has 2 aromatic rings. The molecule has 130 valence electrons. The van der Waals surface area contributed by atoms with Crippen molar-refractivity contribution in [3.63, 3.8) is 0 Å². The monoisotopic (exact) mass is 401 g/mol. The van der Waals surface area contributed by atoms with Crippen LogP contribution in [-0.4, -0.2) is 18.4 Å². The maximum atomic E-state index is 12.5. The zero-order valence-corrected chi connectivity index (χ0v) is 16.0. The number of carbonyl (C=O) groups excluding carboxylic acids is 2. The van der Waals surface area contributed by atoms with Gasteiger partial charge in [0.1, 0.15) is 5.70 Å². The molecule has 0 saturated carbocycles. The molecule has 0 radical (unpaired) electrons. The highest BCUT2D eigenvalue weighted by atomic mass is 79.9. The van der Waals surface area contributed by atoms with E-state index < -0.39 is 5.97 Å². The minimum Gasteiger partial charge on any atom is -0.461 e. The van der Waals surface area contributed by atoms with Crippen LogP contribution < -0.4 is 5.32 Å². The molecule has 0 unspecified atom stereocenters. The number of hydrogen-bond acceptors (Lipinski definition) is 4. The average molecular weight is 402 g/mol. The van der Waals surface area contributed by atoms with E-state index in [0.717, 1.165) is 21.3 Å². The molecule has 5 heteroatoms. The van der Waals surface area contributed by atoms with E-state index in [1.807, 2.05) is 32.0 Å². The molecular formula is C20H20BrNO3. The summed E-state index contributed by atoms with van der Waals surface area (Å²) in [5.74, 6) is -0.831. The average Bonchev–Trinajstić information content (AvgIpc) is 2.59. The molecular weight excluding hydrogens is 382 g/mol. The predicted octanol–water partition coefficient (Wildman–Crippen LogP) is 4.81. The van der Waals surface area contributed by atoms with E-state index in [1.54, 1.807) is 31.2 Å². The molecule has 0 aromatic heterocycles. The number of hydrogen-bond donors (Lipinski definition) is 1. The quantitative estimate of drug-likeness (QED) is 0.428. The molecule has 0 aliphatic rings. The number of ether oxygens (including phenoxy) is 1. The van der Waals surface area contributed by atoms with E-state index in [1.165, 1.54) is 6.08 Å². The number of allylic oxidation sites excluding steroid dienone is 1. The molecule has 0 aliphatic heterocycles. The lowest BCUT2D eigenvalue weighted by Gasteiger charge is -2.13. The molecule has 25 heavy (non-hydrogen) atoms. The Kier molecular flexibility index (Phi) is 6.53. The Balaban J connectivity index is 2.35. The Labute approximate surface area is 156 Å². The SMILES string of the molecule is CCOC(=O)/C(=C/C(=O)c1ccc(Br)cc1)Nc1cccc(C)c1C. The van der Waals surface area contributed by atoms with Crippen LogP contribution in [0, 0.1) is 13.8 Å². The second-order valence-corrected chi connectivity index (χ2v) is 6.44. The first-order valence-corrected chi connectivity index (χ1v) is 8.73. The second kappa shape index (κ2) is 8.62. The number of halogens is 1. The summed E-state index contributed by atoms with van der Waals surface area (Å²) in [5, 5.41) is 3.04. The second-order valence-electron chi connectivity index (χ2n) is 5.52. The number of rotatable bonds is 6. The molecule has 0 bridgehead atoms. The minimum atomic E-state index is -0.561. The molecule has 0 amide bonds. The Morgan fingerprint density at radius 2 is 1.80 bits per heavy atom. The van der Waals surface area contributed by atoms with E-state index in [0.29, 0.717) is 5.56 Å². The van der Waals surface area contributed by atoms with E-state index in [2.05, 4.69) is 21.2 Å². The summed E-state index contributed by atoms with van der Waals surface area (Å²) in [5.41, 5.74) is 3.47. The van der Waals surface area contributed by atoms with E-state index in [4.69, 9.17) is 4.74 Å². The van der Waals surface area contributed by atoms with Crippen molar-refractivity contribution in [2.45, 2.75) is 20.8 Å². The number of esters is 1. The van der Waals surface area contributed by atoms with Crippen molar-refractivity contribution in [3.05, 3.63) is 75.4 Å². The highest BCUT2D eigenvalue weighted by Crippen LogP contribution is 2.20. The van der Waals surface area contributed by atoms with Gasteiger partial charge in [0.2, 0.25) is 0 Å². The summed E-state index contributed by atoms with van der Waals surface area (Å²) >= 11 is 3.33. The molecule has 0 heterocycles. The third kappa shape index (κ3) is 5.03. The van der Waals surface area contributed by atoms with E-state index in [9.17, 15) is 9.59 Å². The standard InChI is InChI=1S/C20H20BrNO3/c1-4-25-20(24)18(22-17-7-5-6-13(2)14(17)3)12-19(23)15-8-10-16(21)11-9-15/h5-12,22H,4H2,1-3H3/b18-12-. The summed E-state index contributed by atoms with van der Waals surface area (Å²) in [6.07, 6.45) is 1.28. The Hall–Kier alpha value is -2.40. The van der Waals surface area contributed by atoms with Crippen LogP contribution in [-0.2, 0) is 9.53 Å². The van der Waals surface area contributed by atoms with Gasteiger partial charge in [0.05, 0.1) is 6.61 Å². The largest absolute Gasteiger partial charge is 0.461 e. The van der Waals surface area contributed by atoms with Crippen LogP contribution in [0.2, 0.25) is 0 Å². The fourth-order valence-electron chi connectivity index (χ4n) is 2.22. The van der Waals surface area contributed by atoms with Crippen molar-refractivity contribution >= 4 is 33.4 Å². The van der Waals surface area contributed by atoms with Gasteiger partial charge >= 0.3 is 5.97 Å². The summed E-state index contributed by atoms with van der Waals surface area (Å²) in [4.78, 5) is 24.7. The van der Waals surface area contributed by atoms with Crippen molar-refractivity contribution in [1.82, 2.24) is 0 Å². The van der Waals surface area contributed by atoms with Crippen molar-refractivity contribution < 1.29 is 14.3 Å². The summed E-state index contributed by atoms with van der Waals surface area (Å²) in [6.45, 7) is 5.90. The topological polar surface area (TPSA) is 55.4 Å². The number of nitrogens with one attached hydrogen (secondary N) is 1. The lowest BCUT2D eigenvalue weighted by Crippen LogP contribution is -2.17. The van der Waals surface area contributed by atoms with Crippen LogP contribution >= 0.6 is 15.9 Å². The van der Waals surface area contributed by atoms with Gasteiger partial charge in [-0.3, -0.25) is 4.79 Å². The fourth-order valence-corrected chi connectivity index (χ4v) is 2.48. The highest BCUT2D eigenvalue weighted by Gasteiger charge is 2.15. The normalized spacial score (nSPS) is 11.1.